The molecule has 2 fully saturated rings. The Hall–Kier alpha value is -0.440. The number of hydrogen-bond donors (Lipinski definition) is 0. The van der Waals surface area contributed by atoms with E-state index in [0.717, 1.165) is 0 Å². The second-order valence-corrected chi connectivity index (χ2v) is 6.78. The minimum atomic E-state index is -0.191. The summed E-state index contributed by atoms with van der Waals surface area (Å²) in [5.41, 5.74) is 0. The summed E-state index contributed by atoms with van der Waals surface area (Å²) < 4.78 is 0.999. The molecule has 8 heteroatoms. The molecule has 96 valence electrons. The fourth-order valence-electron chi connectivity index (χ4n) is 1.62. The molecule has 0 bridgehead atoms. The topological polar surface area (TPSA) is 40.6 Å². The van der Waals surface area contributed by atoms with Crippen LogP contribution >= 0.6 is 48.0 Å². The van der Waals surface area contributed by atoms with Crippen molar-refractivity contribution in [2.45, 2.75) is 13.8 Å². The average molecular weight is 318 g/mol. The fourth-order valence-corrected chi connectivity index (χ4v) is 4.54. The first-order valence-corrected chi connectivity index (χ1v) is 7.77. The summed E-state index contributed by atoms with van der Waals surface area (Å²) in [6.45, 7) is 4.74. The van der Waals surface area contributed by atoms with Crippen LogP contribution in [0, 0.1) is 0 Å². The van der Waals surface area contributed by atoms with Crippen LogP contribution in [0.1, 0.15) is 13.8 Å². The van der Waals surface area contributed by atoms with Crippen molar-refractivity contribution in [2.75, 3.05) is 13.1 Å². The van der Waals surface area contributed by atoms with E-state index in [1.165, 1.54) is 33.3 Å². The van der Waals surface area contributed by atoms with E-state index < -0.39 is 0 Å². The number of amides is 2. The number of carbonyl (C=O) groups is 2. The zero-order valence-electron chi connectivity index (χ0n) is 9.76. The van der Waals surface area contributed by atoms with E-state index in [1.54, 1.807) is 0 Å². The van der Waals surface area contributed by atoms with Gasteiger partial charge in [-0.15, -0.1) is 0 Å². The summed E-state index contributed by atoms with van der Waals surface area (Å²) >= 11 is 12.6. The van der Waals surface area contributed by atoms with Crippen molar-refractivity contribution >= 4 is 68.4 Å². The number of thioether (sulfide) groups is 2. The molecule has 0 radical (unpaired) electrons. The number of thiocarbonyl (C=S) groups is 2. The molecule has 0 spiro atoms. The highest BCUT2D eigenvalue weighted by molar-refractivity contribution is 8.29. The van der Waals surface area contributed by atoms with Crippen LogP contribution in [-0.4, -0.2) is 43.3 Å². The predicted octanol–water partition coefficient (Wildman–Crippen LogP) is 1.96. The third-order valence-corrected chi connectivity index (χ3v) is 5.56. The largest absolute Gasteiger partial charge is 0.293 e. The molecule has 2 heterocycles. The maximum absolute atomic E-state index is 12.1. The van der Waals surface area contributed by atoms with Crippen LogP contribution in [0.3, 0.4) is 0 Å². The van der Waals surface area contributed by atoms with Crippen LogP contribution in [0.5, 0.6) is 0 Å². The van der Waals surface area contributed by atoms with Gasteiger partial charge in [-0.25, -0.2) is 0 Å². The third kappa shape index (κ3) is 2.11. The van der Waals surface area contributed by atoms with Gasteiger partial charge in [0.2, 0.25) is 0 Å². The standard InChI is InChI=1S/C10H10N2O2S4/c1-3-11-7(13)5(17-9(11)15)6-8(14)12(4-2)10(16)18-6/h3-4H2,1-2H3/b6-5+. The molecule has 2 saturated heterocycles. The number of carbonyl (C=O) groups excluding carboxylic acids is 2. The highest BCUT2D eigenvalue weighted by atomic mass is 32.2. The Morgan fingerprint density at radius 2 is 1.22 bits per heavy atom. The number of hydrogen-bond acceptors (Lipinski definition) is 6. The van der Waals surface area contributed by atoms with Crippen LogP contribution in [0.15, 0.2) is 9.81 Å². The van der Waals surface area contributed by atoms with Crippen LogP contribution in [-0.2, 0) is 9.59 Å². The Balaban J connectivity index is 2.40. The van der Waals surface area contributed by atoms with E-state index in [0.29, 0.717) is 31.5 Å². The molecule has 4 nitrogen and oxygen atoms in total. The second kappa shape index (κ2) is 5.28. The lowest BCUT2D eigenvalue weighted by Crippen LogP contribution is -2.29. The summed E-state index contributed by atoms with van der Waals surface area (Å²) in [6, 6.07) is 0. The van der Waals surface area contributed by atoms with Crippen molar-refractivity contribution < 1.29 is 9.59 Å². The van der Waals surface area contributed by atoms with Gasteiger partial charge in [-0.3, -0.25) is 19.4 Å². The summed E-state index contributed by atoms with van der Waals surface area (Å²) in [7, 11) is 0. The molecule has 2 aliphatic heterocycles. The lowest BCUT2D eigenvalue weighted by molar-refractivity contribution is -0.124. The van der Waals surface area contributed by atoms with E-state index in [4.69, 9.17) is 24.4 Å². The minimum Gasteiger partial charge on any atom is -0.293 e. The van der Waals surface area contributed by atoms with Gasteiger partial charge in [0, 0.05) is 13.1 Å². The molecule has 0 aromatic carbocycles. The average Bonchev–Trinajstić information content (AvgIpc) is 2.76. The van der Waals surface area contributed by atoms with Gasteiger partial charge in [0.25, 0.3) is 11.8 Å². The van der Waals surface area contributed by atoms with E-state index in [-0.39, 0.29) is 11.8 Å². The van der Waals surface area contributed by atoms with Crippen molar-refractivity contribution in [3.63, 3.8) is 0 Å². The van der Waals surface area contributed by atoms with Gasteiger partial charge in [0.1, 0.15) is 8.64 Å². The van der Waals surface area contributed by atoms with Crippen LogP contribution in [0.4, 0.5) is 0 Å². The molecule has 2 amide bonds. The SMILES string of the molecule is CCN1C(=O)/C(=C2\SC(=S)N(CC)C2=O)SC1=S. The van der Waals surface area contributed by atoms with E-state index in [1.807, 2.05) is 13.8 Å². The third-order valence-electron chi connectivity index (χ3n) is 2.54. The molecule has 0 saturated carbocycles. The van der Waals surface area contributed by atoms with Gasteiger partial charge in [0.05, 0.1) is 9.81 Å². The Morgan fingerprint density at radius 1 is 0.889 bits per heavy atom. The van der Waals surface area contributed by atoms with Crippen molar-refractivity contribution in [1.82, 2.24) is 9.80 Å². The quantitative estimate of drug-likeness (QED) is 0.573. The van der Waals surface area contributed by atoms with E-state index in [2.05, 4.69) is 0 Å². The van der Waals surface area contributed by atoms with Gasteiger partial charge >= 0.3 is 0 Å². The van der Waals surface area contributed by atoms with Crippen LogP contribution in [0.25, 0.3) is 0 Å². The zero-order valence-corrected chi connectivity index (χ0v) is 13.0. The van der Waals surface area contributed by atoms with Gasteiger partial charge in [-0.05, 0) is 13.8 Å². The van der Waals surface area contributed by atoms with E-state index >= 15 is 0 Å². The highest BCUT2D eigenvalue weighted by Crippen LogP contribution is 2.41. The first-order chi connectivity index (χ1) is 8.51. The normalized spacial score (nSPS) is 24.8. The van der Waals surface area contributed by atoms with Crippen molar-refractivity contribution in [1.29, 1.82) is 0 Å². The molecule has 2 aliphatic rings. The van der Waals surface area contributed by atoms with Crippen molar-refractivity contribution in [2.24, 2.45) is 0 Å². The van der Waals surface area contributed by atoms with Gasteiger partial charge in [0.15, 0.2) is 0 Å². The molecule has 0 aromatic heterocycles. The zero-order chi connectivity index (χ0) is 13.4. The predicted molar refractivity (Wildman–Crippen MR) is 82.2 cm³/mol. The molecule has 0 aromatic rings. The summed E-state index contributed by atoms with van der Waals surface area (Å²) in [6.07, 6.45) is 0. The molecule has 0 atom stereocenters. The van der Waals surface area contributed by atoms with Gasteiger partial charge < -0.3 is 0 Å². The number of likely N-dealkylation sites (N-methyl/N-ethyl adjacent to an activating group) is 2. The minimum absolute atomic E-state index is 0.191. The summed E-state index contributed by atoms with van der Waals surface area (Å²) in [4.78, 5) is 28.0. The Morgan fingerprint density at radius 3 is 1.44 bits per heavy atom. The van der Waals surface area contributed by atoms with Crippen molar-refractivity contribution in [3.8, 4) is 0 Å². The number of nitrogens with zero attached hydrogens (tertiary/aromatic N) is 2. The highest BCUT2D eigenvalue weighted by Gasteiger charge is 2.40. The summed E-state index contributed by atoms with van der Waals surface area (Å²) in [5, 5.41) is 0. The molecule has 0 unspecified atom stereocenters. The fraction of sp³-hybridized carbons (Fsp3) is 0.400. The molecular formula is C10H10N2O2S4. The first-order valence-electron chi connectivity index (χ1n) is 5.32. The first kappa shape index (κ1) is 14.0. The molecular weight excluding hydrogens is 308 g/mol. The lowest BCUT2D eigenvalue weighted by Gasteiger charge is -2.10. The summed E-state index contributed by atoms with van der Waals surface area (Å²) in [5.74, 6) is -0.381. The monoisotopic (exact) mass is 318 g/mol. The lowest BCUT2D eigenvalue weighted by atomic mass is 10.4. The molecule has 0 N–H and O–H groups in total. The Bertz CT molecular complexity index is 456. The molecule has 18 heavy (non-hydrogen) atoms. The van der Waals surface area contributed by atoms with Crippen LogP contribution in [0.2, 0.25) is 0 Å². The number of rotatable bonds is 2. The van der Waals surface area contributed by atoms with E-state index in [9.17, 15) is 9.59 Å². The molecule has 0 aliphatic carbocycles. The van der Waals surface area contributed by atoms with Gasteiger partial charge in [-0.2, -0.15) is 0 Å². The Labute approximate surface area is 124 Å². The van der Waals surface area contributed by atoms with Crippen LogP contribution < -0.4 is 0 Å². The maximum Gasteiger partial charge on any atom is 0.267 e. The van der Waals surface area contributed by atoms with Gasteiger partial charge in [-0.1, -0.05) is 48.0 Å². The maximum atomic E-state index is 12.1. The smallest absolute Gasteiger partial charge is 0.267 e. The second-order valence-electron chi connectivity index (χ2n) is 3.49. The molecule has 2 rings (SSSR count). The Kier molecular flexibility index (Phi) is 4.10. The van der Waals surface area contributed by atoms with Crippen molar-refractivity contribution in [3.05, 3.63) is 9.81 Å².